The number of carbonyl (C=O) groups excluding carboxylic acids is 1. The van der Waals surface area contributed by atoms with Gasteiger partial charge in [-0.2, -0.15) is 5.10 Å². The molecule has 5 nitrogen and oxygen atoms in total. The third kappa shape index (κ3) is 3.79. The molecule has 1 aromatic heterocycles. The largest absolute Gasteiger partial charge is 0.497 e. The van der Waals surface area contributed by atoms with Crippen molar-refractivity contribution < 1.29 is 9.53 Å². The highest BCUT2D eigenvalue weighted by Crippen LogP contribution is 2.29. The Bertz CT molecular complexity index is 979. The van der Waals surface area contributed by atoms with Crippen LogP contribution in [0.15, 0.2) is 54.6 Å². The van der Waals surface area contributed by atoms with Crippen LogP contribution in [0, 0.1) is 6.92 Å². The number of ether oxygens (including phenoxy) is 1. The van der Waals surface area contributed by atoms with Crippen LogP contribution in [0.5, 0.6) is 5.75 Å². The van der Waals surface area contributed by atoms with Crippen LogP contribution >= 0.6 is 0 Å². The molecule has 1 unspecified atom stereocenters. The first-order valence-corrected chi connectivity index (χ1v) is 9.70. The van der Waals surface area contributed by atoms with E-state index in [0.29, 0.717) is 11.6 Å². The number of hydrogen-bond acceptors (Lipinski definition) is 3. The van der Waals surface area contributed by atoms with E-state index in [1.165, 1.54) is 11.1 Å². The minimum absolute atomic E-state index is 0.0130. The Hall–Kier alpha value is -3.08. The summed E-state index contributed by atoms with van der Waals surface area (Å²) in [7, 11) is 1.64. The molecule has 1 atom stereocenters. The quantitative estimate of drug-likeness (QED) is 0.735. The van der Waals surface area contributed by atoms with E-state index in [-0.39, 0.29) is 5.91 Å². The van der Waals surface area contributed by atoms with Crippen LogP contribution < -0.4 is 4.74 Å². The zero-order valence-electron chi connectivity index (χ0n) is 16.3. The lowest BCUT2D eigenvalue weighted by Crippen LogP contribution is -2.39. The van der Waals surface area contributed by atoms with Gasteiger partial charge in [0.25, 0.3) is 5.91 Å². The highest BCUT2D eigenvalue weighted by molar-refractivity contribution is 5.93. The third-order valence-corrected chi connectivity index (χ3v) is 5.40. The molecule has 2 heterocycles. The molecule has 28 heavy (non-hydrogen) atoms. The Balaban J connectivity index is 1.50. The van der Waals surface area contributed by atoms with Crippen LogP contribution in [0.25, 0.3) is 11.3 Å². The lowest BCUT2D eigenvalue weighted by Gasteiger charge is -2.32. The number of aromatic amines is 1. The number of carbonyl (C=O) groups is 1. The van der Waals surface area contributed by atoms with Crippen molar-refractivity contribution in [2.24, 2.45) is 0 Å². The van der Waals surface area contributed by atoms with Crippen molar-refractivity contribution in [2.45, 2.75) is 25.7 Å². The van der Waals surface area contributed by atoms with Gasteiger partial charge in [-0.25, -0.2) is 0 Å². The van der Waals surface area contributed by atoms with Crippen molar-refractivity contribution in [3.05, 3.63) is 71.4 Å². The molecular formula is C23H25N3O2. The summed E-state index contributed by atoms with van der Waals surface area (Å²) in [5, 5.41) is 7.26. The summed E-state index contributed by atoms with van der Waals surface area (Å²) < 4.78 is 5.27. The van der Waals surface area contributed by atoms with Crippen LogP contribution in [0.1, 0.15) is 40.4 Å². The van der Waals surface area contributed by atoms with Gasteiger partial charge in [0.1, 0.15) is 11.4 Å². The normalized spacial score (nSPS) is 16.8. The second kappa shape index (κ2) is 7.89. The number of piperidine rings is 1. The molecule has 0 saturated carbocycles. The predicted octanol–water partition coefficient (Wildman–Crippen LogP) is 4.41. The smallest absolute Gasteiger partial charge is 0.271 e. The van der Waals surface area contributed by atoms with Gasteiger partial charge in [-0.05, 0) is 43.5 Å². The highest BCUT2D eigenvalue weighted by atomic mass is 16.5. The summed E-state index contributed by atoms with van der Waals surface area (Å²) in [6.45, 7) is 3.64. The van der Waals surface area contributed by atoms with Gasteiger partial charge in [-0.3, -0.25) is 9.89 Å². The zero-order chi connectivity index (χ0) is 19.5. The van der Waals surface area contributed by atoms with Gasteiger partial charge in [0.15, 0.2) is 0 Å². The number of likely N-dealkylation sites (tertiary alicyclic amines) is 1. The Kier molecular flexibility index (Phi) is 5.15. The highest BCUT2D eigenvalue weighted by Gasteiger charge is 2.26. The molecule has 5 heteroatoms. The first-order valence-electron chi connectivity index (χ1n) is 9.70. The summed E-state index contributed by atoms with van der Waals surface area (Å²) in [6, 6.07) is 18.1. The molecule has 1 fully saturated rings. The summed E-state index contributed by atoms with van der Waals surface area (Å²) in [6.07, 6.45) is 2.13. The van der Waals surface area contributed by atoms with Crippen LogP contribution in [0.4, 0.5) is 0 Å². The van der Waals surface area contributed by atoms with Crippen LogP contribution in [-0.4, -0.2) is 41.2 Å². The van der Waals surface area contributed by atoms with Crippen molar-refractivity contribution in [3.63, 3.8) is 0 Å². The van der Waals surface area contributed by atoms with Gasteiger partial charge in [-0.1, -0.05) is 42.0 Å². The predicted molar refractivity (Wildman–Crippen MR) is 110 cm³/mol. The summed E-state index contributed by atoms with van der Waals surface area (Å²) >= 11 is 0. The molecule has 2 aromatic carbocycles. The lowest BCUT2D eigenvalue weighted by molar-refractivity contribution is 0.0701. The molecule has 144 valence electrons. The fraction of sp³-hybridized carbons (Fsp3) is 0.304. The van der Waals surface area contributed by atoms with Gasteiger partial charge in [-0.15, -0.1) is 0 Å². The molecule has 0 spiro atoms. The monoisotopic (exact) mass is 375 g/mol. The van der Waals surface area contributed by atoms with Crippen molar-refractivity contribution in [2.75, 3.05) is 20.2 Å². The number of hydrogen-bond donors (Lipinski definition) is 1. The molecule has 1 saturated heterocycles. The topological polar surface area (TPSA) is 58.2 Å². The summed E-state index contributed by atoms with van der Waals surface area (Å²) in [4.78, 5) is 15.0. The average Bonchev–Trinajstić information content (AvgIpc) is 3.24. The van der Waals surface area contributed by atoms with Gasteiger partial charge in [0.2, 0.25) is 0 Å². The van der Waals surface area contributed by atoms with E-state index in [9.17, 15) is 4.79 Å². The van der Waals surface area contributed by atoms with E-state index in [4.69, 9.17) is 4.74 Å². The Morgan fingerprint density at radius 3 is 2.86 bits per heavy atom. The molecule has 3 aromatic rings. The maximum Gasteiger partial charge on any atom is 0.271 e. The van der Waals surface area contributed by atoms with E-state index >= 15 is 0 Å². The van der Waals surface area contributed by atoms with Crippen LogP contribution in [-0.2, 0) is 0 Å². The van der Waals surface area contributed by atoms with E-state index in [1.807, 2.05) is 35.2 Å². The Morgan fingerprint density at radius 1 is 1.18 bits per heavy atom. The summed E-state index contributed by atoms with van der Waals surface area (Å²) in [5.41, 5.74) is 4.78. The molecule has 1 amide bonds. The first-order chi connectivity index (χ1) is 13.6. The van der Waals surface area contributed by atoms with E-state index in [2.05, 4.69) is 41.4 Å². The number of benzene rings is 2. The second-order valence-electron chi connectivity index (χ2n) is 7.40. The second-order valence-corrected chi connectivity index (χ2v) is 7.40. The molecule has 0 aliphatic carbocycles. The number of aryl methyl sites for hydroxylation is 1. The molecule has 0 radical (unpaired) electrons. The van der Waals surface area contributed by atoms with Crippen molar-refractivity contribution in [1.82, 2.24) is 15.1 Å². The minimum atomic E-state index is 0.0130. The SMILES string of the molecule is COc1cccc(-c2cc(C(=O)N3CCCC(c4cccc(C)c4)C3)[nH]n2)c1. The summed E-state index contributed by atoms with van der Waals surface area (Å²) in [5.74, 6) is 1.17. The maximum atomic E-state index is 13.0. The molecule has 1 N–H and O–H groups in total. The third-order valence-electron chi connectivity index (χ3n) is 5.40. The van der Waals surface area contributed by atoms with E-state index in [1.54, 1.807) is 7.11 Å². The van der Waals surface area contributed by atoms with Gasteiger partial charge in [0, 0.05) is 24.6 Å². The van der Waals surface area contributed by atoms with Crippen LogP contribution in [0.3, 0.4) is 0 Å². The molecule has 0 bridgehead atoms. The standard InChI is InChI=1S/C23H25N3O2/c1-16-6-3-7-17(12-16)19-9-5-11-26(15-19)23(27)22-14-21(24-25-22)18-8-4-10-20(13-18)28-2/h3-4,6-8,10,12-14,19H,5,9,11,15H2,1-2H3,(H,24,25). The Morgan fingerprint density at radius 2 is 2.04 bits per heavy atom. The zero-order valence-corrected chi connectivity index (χ0v) is 16.3. The Labute approximate surface area is 165 Å². The van der Waals surface area contributed by atoms with Gasteiger partial charge >= 0.3 is 0 Å². The van der Waals surface area contributed by atoms with E-state index in [0.717, 1.165) is 42.9 Å². The van der Waals surface area contributed by atoms with Crippen molar-refractivity contribution in [3.8, 4) is 17.0 Å². The maximum absolute atomic E-state index is 13.0. The number of aromatic nitrogens is 2. The number of nitrogens with zero attached hydrogens (tertiary/aromatic N) is 2. The molecule has 1 aliphatic rings. The number of rotatable bonds is 4. The molecular weight excluding hydrogens is 350 g/mol. The van der Waals surface area contributed by atoms with Gasteiger partial charge < -0.3 is 9.64 Å². The van der Waals surface area contributed by atoms with Gasteiger partial charge in [0.05, 0.1) is 12.8 Å². The number of nitrogens with one attached hydrogen (secondary N) is 1. The first kappa shape index (κ1) is 18.3. The fourth-order valence-electron chi connectivity index (χ4n) is 3.89. The number of amides is 1. The minimum Gasteiger partial charge on any atom is -0.497 e. The fourth-order valence-corrected chi connectivity index (χ4v) is 3.89. The number of H-pyrrole nitrogens is 1. The lowest BCUT2D eigenvalue weighted by atomic mass is 9.89. The van der Waals surface area contributed by atoms with E-state index < -0.39 is 0 Å². The number of methoxy groups -OCH3 is 1. The molecule has 4 rings (SSSR count). The molecule has 1 aliphatic heterocycles. The average molecular weight is 375 g/mol. The van der Waals surface area contributed by atoms with Crippen molar-refractivity contribution in [1.29, 1.82) is 0 Å². The van der Waals surface area contributed by atoms with Crippen molar-refractivity contribution >= 4 is 5.91 Å². The van der Waals surface area contributed by atoms with Crippen LogP contribution in [0.2, 0.25) is 0 Å².